The van der Waals surface area contributed by atoms with Gasteiger partial charge in [0.1, 0.15) is 0 Å². The van der Waals surface area contributed by atoms with Gasteiger partial charge in [0.15, 0.2) is 0 Å². The van der Waals surface area contributed by atoms with Crippen molar-refractivity contribution in [3.05, 3.63) is 60.2 Å². The molecule has 1 amide bonds. The number of hydrogen-bond donors (Lipinski definition) is 1. The first-order valence-corrected chi connectivity index (χ1v) is 10.1. The van der Waals surface area contributed by atoms with Gasteiger partial charge in [-0.25, -0.2) is 13.6 Å². The molecular formula is C19H23N3O3S. The van der Waals surface area contributed by atoms with Crippen molar-refractivity contribution >= 4 is 21.6 Å². The smallest absolute Gasteiger partial charge is 0.253 e. The summed E-state index contributed by atoms with van der Waals surface area (Å²) >= 11 is 0. The van der Waals surface area contributed by atoms with Gasteiger partial charge in [0, 0.05) is 37.9 Å². The first-order valence-electron chi connectivity index (χ1n) is 8.53. The van der Waals surface area contributed by atoms with Gasteiger partial charge in [-0.1, -0.05) is 18.2 Å². The van der Waals surface area contributed by atoms with Gasteiger partial charge in [0.05, 0.1) is 4.90 Å². The summed E-state index contributed by atoms with van der Waals surface area (Å²) in [6.07, 6.45) is 1.04. The quantitative estimate of drug-likeness (QED) is 0.868. The van der Waals surface area contributed by atoms with E-state index in [4.69, 9.17) is 5.14 Å². The molecule has 0 aromatic heterocycles. The molecule has 0 radical (unpaired) electrons. The van der Waals surface area contributed by atoms with E-state index in [0.717, 1.165) is 19.5 Å². The van der Waals surface area contributed by atoms with E-state index in [1.807, 2.05) is 18.2 Å². The van der Waals surface area contributed by atoms with Crippen LogP contribution in [0.1, 0.15) is 16.8 Å². The number of sulfonamides is 1. The number of carbonyl (C=O) groups excluding carboxylic acids is 1. The summed E-state index contributed by atoms with van der Waals surface area (Å²) in [5.41, 5.74) is 1.67. The van der Waals surface area contributed by atoms with Crippen molar-refractivity contribution in [1.82, 2.24) is 4.90 Å². The van der Waals surface area contributed by atoms with Crippen LogP contribution < -0.4 is 10.0 Å². The third kappa shape index (κ3) is 4.23. The van der Waals surface area contributed by atoms with Gasteiger partial charge in [-0.05, 0) is 48.7 Å². The summed E-state index contributed by atoms with van der Waals surface area (Å²) in [7, 11) is -1.97. The topological polar surface area (TPSA) is 83.7 Å². The summed E-state index contributed by atoms with van der Waals surface area (Å²) in [4.78, 5) is 16.6. The van der Waals surface area contributed by atoms with Gasteiger partial charge in [-0.15, -0.1) is 0 Å². The molecule has 138 valence electrons. The molecule has 1 atom stereocenters. The zero-order valence-electron chi connectivity index (χ0n) is 14.7. The Balaban J connectivity index is 1.60. The van der Waals surface area contributed by atoms with E-state index in [1.54, 1.807) is 11.9 Å². The van der Waals surface area contributed by atoms with E-state index in [1.165, 1.54) is 30.0 Å². The van der Waals surface area contributed by atoms with E-state index >= 15 is 0 Å². The number of amides is 1. The number of nitrogens with two attached hydrogens (primary N) is 1. The van der Waals surface area contributed by atoms with Gasteiger partial charge >= 0.3 is 0 Å². The fraction of sp³-hybridized carbons (Fsp3) is 0.316. The second kappa shape index (κ2) is 7.47. The third-order valence-electron chi connectivity index (χ3n) is 4.72. The maximum Gasteiger partial charge on any atom is 0.253 e. The summed E-state index contributed by atoms with van der Waals surface area (Å²) in [6, 6.07) is 16.0. The lowest BCUT2D eigenvalue weighted by Gasteiger charge is -2.23. The fourth-order valence-corrected chi connectivity index (χ4v) is 3.85. The molecule has 7 heteroatoms. The first-order chi connectivity index (χ1) is 12.3. The molecule has 0 aliphatic carbocycles. The largest absolute Gasteiger partial charge is 0.371 e. The highest BCUT2D eigenvalue weighted by Gasteiger charge is 2.25. The second-order valence-electron chi connectivity index (χ2n) is 6.69. The van der Waals surface area contributed by atoms with Gasteiger partial charge in [0.2, 0.25) is 10.0 Å². The summed E-state index contributed by atoms with van der Waals surface area (Å²) in [5.74, 6) is 0.289. The molecule has 0 saturated carbocycles. The lowest BCUT2D eigenvalue weighted by Crippen LogP contribution is -2.33. The molecule has 0 spiro atoms. The number of rotatable bonds is 5. The highest BCUT2D eigenvalue weighted by Crippen LogP contribution is 2.24. The zero-order chi connectivity index (χ0) is 18.7. The highest BCUT2D eigenvalue weighted by atomic mass is 32.2. The van der Waals surface area contributed by atoms with Crippen LogP contribution >= 0.6 is 0 Å². The minimum absolute atomic E-state index is 0.00555. The van der Waals surface area contributed by atoms with Crippen LogP contribution in [0.3, 0.4) is 0 Å². The molecule has 1 aliphatic rings. The molecule has 2 N–H and O–H groups in total. The Kier molecular flexibility index (Phi) is 5.29. The van der Waals surface area contributed by atoms with E-state index in [9.17, 15) is 13.2 Å². The Hall–Kier alpha value is -2.38. The van der Waals surface area contributed by atoms with Crippen LogP contribution in [0.4, 0.5) is 5.69 Å². The average molecular weight is 373 g/mol. The molecule has 0 bridgehead atoms. The lowest BCUT2D eigenvalue weighted by molar-refractivity contribution is 0.0776. The summed E-state index contributed by atoms with van der Waals surface area (Å²) in [5, 5.41) is 5.08. The van der Waals surface area contributed by atoms with Crippen molar-refractivity contribution < 1.29 is 13.2 Å². The number of carbonyl (C=O) groups is 1. The standard InChI is InChI=1S/C19H23N3O3S/c1-21(19(23)16-7-9-18(10-8-16)26(20,24)25)13-15-11-12-22(14-15)17-5-3-2-4-6-17/h2-10,15H,11-14H2,1H3,(H2,20,24,25)/t15-/m0/s1. The summed E-state index contributed by atoms with van der Waals surface area (Å²) in [6.45, 7) is 2.57. The zero-order valence-corrected chi connectivity index (χ0v) is 15.5. The maximum atomic E-state index is 12.6. The highest BCUT2D eigenvalue weighted by molar-refractivity contribution is 7.89. The normalized spacial score (nSPS) is 17.3. The number of hydrogen-bond acceptors (Lipinski definition) is 4. The number of primary sulfonamides is 1. The minimum Gasteiger partial charge on any atom is -0.371 e. The average Bonchev–Trinajstić information content (AvgIpc) is 3.09. The number of benzene rings is 2. The van der Waals surface area contributed by atoms with E-state index in [0.29, 0.717) is 18.0 Å². The lowest BCUT2D eigenvalue weighted by atomic mass is 10.1. The molecular weight excluding hydrogens is 350 g/mol. The van der Waals surface area contributed by atoms with Crippen LogP contribution in [0.5, 0.6) is 0 Å². The molecule has 6 nitrogen and oxygen atoms in total. The molecule has 1 fully saturated rings. The molecule has 2 aromatic carbocycles. The monoisotopic (exact) mass is 373 g/mol. The third-order valence-corrected chi connectivity index (χ3v) is 5.64. The molecule has 1 saturated heterocycles. The van der Waals surface area contributed by atoms with Crippen molar-refractivity contribution in [2.75, 3.05) is 31.6 Å². The molecule has 3 rings (SSSR count). The maximum absolute atomic E-state index is 12.6. The second-order valence-corrected chi connectivity index (χ2v) is 8.25. The Morgan fingerprint density at radius 2 is 1.81 bits per heavy atom. The van der Waals surface area contributed by atoms with Gasteiger partial charge in [-0.2, -0.15) is 0 Å². The van der Waals surface area contributed by atoms with Crippen molar-refractivity contribution in [2.45, 2.75) is 11.3 Å². The van der Waals surface area contributed by atoms with Crippen LogP contribution in [-0.2, 0) is 10.0 Å². The molecule has 26 heavy (non-hydrogen) atoms. The summed E-state index contributed by atoms with van der Waals surface area (Å²) < 4.78 is 22.6. The van der Waals surface area contributed by atoms with Crippen molar-refractivity contribution in [3.8, 4) is 0 Å². The van der Waals surface area contributed by atoms with Crippen LogP contribution in [0.15, 0.2) is 59.5 Å². The predicted molar refractivity (Wildman–Crippen MR) is 102 cm³/mol. The van der Waals surface area contributed by atoms with Crippen molar-refractivity contribution in [1.29, 1.82) is 0 Å². The minimum atomic E-state index is -3.75. The number of anilines is 1. The van der Waals surface area contributed by atoms with Crippen LogP contribution in [0.25, 0.3) is 0 Å². The SMILES string of the molecule is CN(C[C@@H]1CCN(c2ccccc2)C1)C(=O)c1ccc(S(N)(=O)=O)cc1. The first kappa shape index (κ1) is 18.4. The Labute approximate surface area is 154 Å². The van der Waals surface area contributed by atoms with E-state index in [-0.39, 0.29) is 10.8 Å². The van der Waals surface area contributed by atoms with Crippen LogP contribution in [0.2, 0.25) is 0 Å². The van der Waals surface area contributed by atoms with Crippen LogP contribution in [-0.4, -0.2) is 45.9 Å². The Morgan fingerprint density at radius 3 is 2.42 bits per heavy atom. The molecule has 2 aromatic rings. The Morgan fingerprint density at radius 1 is 1.15 bits per heavy atom. The Bertz CT molecular complexity index is 867. The molecule has 0 unspecified atom stereocenters. The number of nitrogens with zero attached hydrogens (tertiary/aromatic N) is 2. The van der Waals surface area contributed by atoms with Crippen LogP contribution in [0, 0.1) is 5.92 Å². The van der Waals surface area contributed by atoms with E-state index in [2.05, 4.69) is 17.0 Å². The molecule has 1 heterocycles. The van der Waals surface area contributed by atoms with Crippen molar-refractivity contribution in [3.63, 3.8) is 0 Å². The van der Waals surface area contributed by atoms with Crippen molar-refractivity contribution in [2.24, 2.45) is 11.1 Å². The van der Waals surface area contributed by atoms with E-state index < -0.39 is 10.0 Å². The van der Waals surface area contributed by atoms with Gasteiger partial charge in [0.25, 0.3) is 5.91 Å². The van der Waals surface area contributed by atoms with Gasteiger partial charge < -0.3 is 9.80 Å². The number of para-hydroxylation sites is 1. The fourth-order valence-electron chi connectivity index (χ4n) is 3.33. The molecule has 1 aliphatic heterocycles. The predicted octanol–water partition coefficient (Wildman–Crippen LogP) is 1.93. The van der Waals surface area contributed by atoms with Gasteiger partial charge in [-0.3, -0.25) is 4.79 Å².